The highest BCUT2D eigenvalue weighted by Gasteiger charge is 2.62. The molecular weight excluding hydrogens is 248 g/mol. The largest absolute Gasteiger partial charge is 0.337 e. The number of rotatable bonds is 3. The monoisotopic (exact) mass is 276 g/mol. The SMILES string of the molecule is CC12CCC(C1)C(C)(C)C2N1CCC(NC2CC2)C1=O. The van der Waals surface area contributed by atoms with Crippen LogP contribution in [0, 0.1) is 16.7 Å². The van der Waals surface area contributed by atoms with Crippen molar-refractivity contribution in [2.75, 3.05) is 6.54 Å². The summed E-state index contributed by atoms with van der Waals surface area (Å²) in [5, 5.41) is 3.55. The van der Waals surface area contributed by atoms with E-state index in [1.165, 1.54) is 32.1 Å². The fourth-order valence-electron chi connectivity index (χ4n) is 5.70. The minimum absolute atomic E-state index is 0.112. The summed E-state index contributed by atoms with van der Waals surface area (Å²) in [5.74, 6) is 1.21. The fourth-order valence-corrected chi connectivity index (χ4v) is 5.70. The Labute approximate surface area is 122 Å². The Kier molecular flexibility index (Phi) is 2.62. The van der Waals surface area contributed by atoms with Gasteiger partial charge >= 0.3 is 0 Å². The lowest BCUT2D eigenvalue weighted by molar-refractivity contribution is -0.137. The summed E-state index contributed by atoms with van der Waals surface area (Å²) in [6.07, 6.45) is 7.55. The summed E-state index contributed by atoms with van der Waals surface area (Å²) < 4.78 is 0. The lowest BCUT2D eigenvalue weighted by atomic mass is 9.67. The molecule has 4 unspecified atom stereocenters. The second-order valence-electron chi connectivity index (χ2n) is 8.63. The van der Waals surface area contributed by atoms with Crippen LogP contribution in [0.15, 0.2) is 0 Å². The van der Waals surface area contributed by atoms with Gasteiger partial charge in [-0.3, -0.25) is 4.79 Å². The molecule has 112 valence electrons. The molecule has 1 saturated heterocycles. The molecule has 1 N–H and O–H groups in total. The van der Waals surface area contributed by atoms with Crippen molar-refractivity contribution in [2.24, 2.45) is 16.7 Å². The van der Waals surface area contributed by atoms with E-state index in [0.29, 0.717) is 28.8 Å². The second-order valence-corrected chi connectivity index (χ2v) is 8.63. The third-order valence-electron chi connectivity index (χ3n) is 6.76. The molecule has 3 nitrogen and oxygen atoms in total. The molecule has 0 radical (unpaired) electrons. The number of likely N-dealkylation sites (tertiary alicyclic amines) is 1. The number of hydrogen-bond donors (Lipinski definition) is 1. The van der Waals surface area contributed by atoms with E-state index >= 15 is 0 Å². The molecule has 3 heteroatoms. The maximum Gasteiger partial charge on any atom is 0.240 e. The van der Waals surface area contributed by atoms with Gasteiger partial charge in [0.05, 0.1) is 6.04 Å². The first-order chi connectivity index (χ1) is 9.42. The van der Waals surface area contributed by atoms with Gasteiger partial charge in [0.2, 0.25) is 5.91 Å². The Balaban J connectivity index is 1.56. The predicted octanol–water partition coefficient (Wildman–Crippen LogP) is 2.55. The molecule has 20 heavy (non-hydrogen) atoms. The van der Waals surface area contributed by atoms with E-state index in [1.807, 2.05) is 0 Å². The van der Waals surface area contributed by atoms with Gasteiger partial charge in [0, 0.05) is 18.6 Å². The number of carbonyl (C=O) groups excluding carboxylic acids is 1. The Hall–Kier alpha value is -0.570. The van der Waals surface area contributed by atoms with Crippen LogP contribution in [-0.4, -0.2) is 35.5 Å². The molecular formula is C17H28N2O. The van der Waals surface area contributed by atoms with Gasteiger partial charge in [0.25, 0.3) is 0 Å². The highest BCUT2D eigenvalue weighted by atomic mass is 16.2. The molecule has 3 aliphatic carbocycles. The standard InChI is InChI=1S/C17H28N2O/c1-16(2)11-6-8-17(3,10-11)15(16)19-9-7-13(14(19)20)18-12-4-5-12/h11-13,15,18H,4-10H2,1-3H3. The van der Waals surface area contributed by atoms with Crippen LogP contribution in [0.25, 0.3) is 0 Å². The van der Waals surface area contributed by atoms with Gasteiger partial charge in [-0.05, 0) is 55.3 Å². The number of nitrogens with one attached hydrogen (secondary N) is 1. The molecule has 0 aromatic heterocycles. The zero-order chi connectivity index (χ0) is 14.1. The summed E-state index contributed by atoms with van der Waals surface area (Å²) in [5.41, 5.74) is 0.676. The van der Waals surface area contributed by atoms with E-state index in [9.17, 15) is 4.79 Å². The van der Waals surface area contributed by atoms with Crippen molar-refractivity contribution in [3.8, 4) is 0 Å². The number of fused-ring (bicyclic) bond motifs is 2. The lowest BCUT2D eigenvalue weighted by Gasteiger charge is -2.47. The zero-order valence-corrected chi connectivity index (χ0v) is 13.1. The molecule has 4 aliphatic rings. The average molecular weight is 276 g/mol. The van der Waals surface area contributed by atoms with Crippen LogP contribution in [0.2, 0.25) is 0 Å². The van der Waals surface area contributed by atoms with Crippen LogP contribution in [0.1, 0.15) is 59.3 Å². The summed E-state index contributed by atoms with van der Waals surface area (Å²) >= 11 is 0. The number of amides is 1. The molecule has 0 aromatic rings. The van der Waals surface area contributed by atoms with Gasteiger partial charge in [-0.1, -0.05) is 20.8 Å². The number of carbonyl (C=O) groups is 1. The second kappa shape index (κ2) is 4.00. The predicted molar refractivity (Wildman–Crippen MR) is 79.3 cm³/mol. The Bertz CT molecular complexity index is 438. The number of hydrogen-bond acceptors (Lipinski definition) is 2. The first-order valence-electron chi connectivity index (χ1n) is 8.48. The smallest absolute Gasteiger partial charge is 0.240 e. The lowest BCUT2D eigenvalue weighted by Crippen LogP contribution is -2.54. The summed E-state index contributed by atoms with van der Waals surface area (Å²) in [6, 6.07) is 1.21. The topological polar surface area (TPSA) is 32.3 Å². The maximum absolute atomic E-state index is 12.8. The van der Waals surface area contributed by atoms with E-state index < -0.39 is 0 Å². The molecule has 1 heterocycles. The van der Waals surface area contributed by atoms with Gasteiger partial charge in [0.15, 0.2) is 0 Å². The highest BCUT2D eigenvalue weighted by molar-refractivity contribution is 5.84. The van der Waals surface area contributed by atoms with E-state index in [0.717, 1.165) is 18.9 Å². The van der Waals surface area contributed by atoms with Crippen LogP contribution in [-0.2, 0) is 4.79 Å². The van der Waals surface area contributed by atoms with Crippen molar-refractivity contribution in [2.45, 2.75) is 77.4 Å². The maximum atomic E-state index is 12.8. The molecule has 4 fully saturated rings. The van der Waals surface area contributed by atoms with Crippen molar-refractivity contribution in [1.29, 1.82) is 0 Å². The van der Waals surface area contributed by atoms with Crippen molar-refractivity contribution < 1.29 is 4.79 Å². The Morgan fingerprint density at radius 1 is 1.15 bits per heavy atom. The molecule has 4 rings (SSSR count). The first kappa shape index (κ1) is 13.1. The van der Waals surface area contributed by atoms with E-state index in [1.54, 1.807) is 0 Å². The van der Waals surface area contributed by atoms with Crippen LogP contribution >= 0.6 is 0 Å². The fraction of sp³-hybridized carbons (Fsp3) is 0.941. The first-order valence-corrected chi connectivity index (χ1v) is 8.48. The molecule has 2 bridgehead atoms. The minimum atomic E-state index is 0.112. The van der Waals surface area contributed by atoms with Gasteiger partial charge in [-0.2, -0.15) is 0 Å². The molecule has 3 saturated carbocycles. The van der Waals surface area contributed by atoms with Gasteiger partial charge < -0.3 is 10.2 Å². The van der Waals surface area contributed by atoms with Crippen LogP contribution in [0.5, 0.6) is 0 Å². The van der Waals surface area contributed by atoms with Crippen molar-refractivity contribution in [3.63, 3.8) is 0 Å². The minimum Gasteiger partial charge on any atom is -0.337 e. The van der Waals surface area contributed by atoms with Crippen LogP contribution in [0.4, 0.5) is 0 Å². The zero-order valence-electron chi connectivity index (χ0n) is 13.1. The molecule has 0 aromatic carbocycles. The van der Waals surface area contributed by atoms with E-state index in [4.69, 9.17) is 0 Å². The van der Waals surface area contributed by atoms with E-state index in [-0.39, 0.29) is 6.04 Å². The van der Waals surface area contributed by atoms with Crippen LogP contribution in [0.3, 0.4) is 0 Å². The molecule has 0 spiro atoms. The number of nitrogens with zero attached hydrogens (tertiary/aromatic N) is 1. The van der Waals surface area contributed by atoms with E-state index in [2.05, 4.69) is 31.0 Å². The highest BCUT2D eigenvalue weighted by Crippen LogP contribution is 2.64. The van der Waals surface area contributed by atoms with Crippen molar-refractivity contribution in [1.82, 2.24) is 10.2 Å². The molecule has 4 atom stereocenters. The van der Waals surface area contributed by atoms with Crippen LogP contribution < -0.4 is 5.32 Å². The summed E-state index contributed by atoms with van der Waals surface area (Å²) in [7, 11) is 0. The Morgan fingerprint density at radius 3 is 2.50 bits per heavy atom. The van der Waals surface area contributed by atoms with Crippen molar-refractivity contribution >= 4 is 5.91 Å². The summed E-state index contributed by atoms with van der Waals surface area (Å²) in [4.78, 5) is 15.1. The van der Waals surface area contributed by atoms with Gasteiger partial charge in [-0.15, -0.1) is 0 Å². The summed E-state index contributed by atoms with van der Waals surface area (Å²) in [6.45, 7) is 8.21. The Morgan fingerprint density at radius 2 is 1.90 bits per heavy atom. The molecule has 1 amide bonds. The van der Waals surface area contributed by atoms with Gasteiger partial charge in [0.1, 0.15) is 0 Å². The third-order valence-corrected chi connectivity index (χ3v) is 6.76. The third kappa shape index (κ3) is 1.71. The quantitative estimate of drug-likeness (QED) is 0.859. The van der Waals surface area contributed by atoms with Crippen molar-refractivity contribution in [3.05, 3.63) is 0 Å². The van der Waals surface area contributed by atoms with Gasteiger partial charge in [-0.25, -0.2) is 0 Å². The average Bonchev–Trinajstić information content (AvgIpc) is 2.95. The normalized spacial score (nSPS) is 46.5. The molecule has 1 aliphatic heterocycles.